The average molecular weight is 487 g/mol. The van der Waals surface area contributed by atoms with Crippen LogP contribution in [0.25, 0.3) is 10.6 Å². The molecule has 172 valence electrons. The summed E-state index contributed by atoms with van der Waals surface area (Å²) in [6, 6.07) is 11.7. The molecule has 4 rings (SSSR count). The Hall–Kier alpha value is -3.15. The monoisotopic (exact) mass is 486 g/mol. The zero-order valence-corrected chi connectivity index (χ0v) is 19.7. The molecular weight excluding hydrogens is 464 g/mol. The van der Waals surface area contributed by atoms with Crippen LogP contribution in [0.4, 0.5) is 5.69 Å². The van der Waals surface area contributed by atoms with E-state index in [9.17, 15) is 23.3 Å². The number of piperazine rings is 1. The molecular formula is C22H22N4O5S2. The number of carbonyl (C=O) groups excluding carboxylic acids is 1. The maximum atomic E-state index is 13.1. The molecule has 3 aromatic rings. The number of nitro groups is 1. The van der Waals surface area contributed by atoms with Gasteiger partial charge in [0.1, 0.15) is 10.7 Å². The van der Waals surface area contributed by atoms with Gasteiger partial charge in [-0.3, -0.25) is 14.9 Å². The van der Waals surface area contributed by atoms with E-state index in [1.807, 2.05) is 31.2 Å². The minimum absolute atomic E-state index is 0.0845. The van der Waals surface area contributed by atoms with Crippen LogP contribution in [0.3, 0.4) is 0 Å². The molecule has 1 aliphatic heterocycles. The van der Waals surface area contributed by atoms with Crippen molar-refractivity contribution >= 4 is 33.0 Å². The van der Waals surface area contributed by atoms with E-state index in [1.54, 1.807) is 17.2 Å². The van der Waals surface area contributed by atoms with Gasteiger partial charge < -0.3 is 4.90 Å². The largest absolute Gasteiger partial charge is 0.335 e. The molecule has 1 aliphatic rings. The normalized spacial score (nSPS) is 14.9. The molecule has 9 nitrogen and oxygen atoms in total. The molecule has 0 saturated carbocycles. The Morgan fingerprint density at radius 1 is 1.06 bits per heavy atom. The highest BCUT2D eigenvalue weighted by atomic mass is 32.2. The van der Waals surface area contributed by atoms with Crippen molar-refractivity contribution in [2.24, 2.45) is 0 Å². The number of carbonyl (C=O) groups is 1. The predicted molar refractivity (Wildman–Crippen MR) is 125 cm³/mol. The SMILES string of the molecule is Cc1ccc(-c2nc(C(=O)N3CCN(S(=O)(=O)c4cc([N+](=O)[O-])ccc4C)CC3)cs2)cc1. The van der Waals surface area contributed by atoms with Crippen LogP contribution in [0, 0.1) is 24.0 Å². The zero-order chi connectivity index (χ0) is 23.8. The van der Waals surface area contributed by atoms with Gasteiger partial charge >= 0.3 is 0 Å². The van der Waals surface area contributed by atoms with E-state index >= 15 is 0 Å². The number of nitrogens with zero attached hydrogens (tertiary/aromatic N) is 4. The maximum Gasteiger partial charge on any atom is 0.273 e. The Morgan fingerprint density at radius 2 is 1.73 bits per heavy atom. The van der Waals surface area contributed by atoms with Crippen LogP contribution in [0.2, 0.25) is 0 Å². The Labute approximate surface area is 195 Å². The number of aromatic nitrogens is 1. The van der Waals surface area contributed by atoms with E-state index in [2.05, 4.69) is 4.98 Å². The van der Waals surface area contributed by atoms with E-state index in [4.69, 9.17) is 0 Å². The summed E-state index contributed by atoms with van der Waals surface area (Å²) in [6.45, 7) is 4.23. The second-order valence-corrected chi connectivity index (χ2v) is 10.6. The van der Waals surface area contributed by atoms with Gasteiger partial charge in [-0.2, -0.15) is 4.31 Å². The van der Waals surface area contributed by atoms with Crippen LogP contribution in [0.1, 0.15) is 21.6 Å². The molecule has 1 fully saturated rings. The molecule has 1 amide bonds. The van der Waals surface area contributed by atoms with Crippen LogP contribution in [0.15, 0.2) is 52.7 Å². The van der Waals surface area contributed by atoms with Gasteiger partial charge in [0, 0.05) is 49.3 Å². The standard InChI is InChI=1S/C22H22N4O5S2/c1-15-3-6-17(7-4-15)21-23-19(14-32-21)22(27)24-9-11-25(12-10-24)33(30,31)20-13-18(26(28)29)8-5-16(20)2/h3-8,13-14H,9-12H2,1-2H3. The lowest BCUT2D eigenvalue weighted by Gasteiger charge is -2.33. The first kappa shape index (κ1) is 23.0. The number of amides is 1. The number of rotatable bonds is 5. The van der Waals surface area contributed by atoms with Crippen molar-refractivity contribution in [1.82, 2.24) is 14.2 Å². The summed E-state index contributed by atoms with van der Waals surface area (Å²) in [5, 5.41) is 13.5. The second kappa shape index (κ2) is 9.00. The van der Waals surface area contributed by atoms with Crippen molar-refractivity contribution < 1.29 is 18.1 Å². The number of aryl methyl sites for hydroxylation is 2. The molecule has 0 atom stereocenters. The quantitative estimate of drug-likeness (QED) is 0.403. The third kappa shape index (κ3) is 4.65. The first-order chi connectivity index (χ1) is 15.7. The van der Waals surface area contributed by atoms with Crippen molar-refractivity contribution in [3.63, 3.8) is 0 Å². The molecule has 11 heteroatoms. The van der Waals surface area contributed by atoms with Crippen molar-refractivity contribution in [3.8, 4) is 10.6 Å². The third-order valence-corrected chi connectivity index (χ3v) is 8.48. The first-order valence-corrected chi connectivity index (χ1v) is 12.6. The van der Waals surface area contributed by atoms with E-state index in [1.165, 1.54) is 27.8 Å². The molecule has 0 unspecified atom stereocenters. The van der Waals surface area contributed by atoms with Crippen LogP contribution < -0.4 is 0 Å². The minimum Gasteiger partial charge on any atom is -0.335 e. The molecule has 0 bridgehead atoms. The first-order valence-electron chi connectivity index (χ1n) is 10.2. The Kier molecular flexibility index (Phi) is 6.28. The van der Waals surface area contributed by atoms with Crippen LogP contribution in [-0.4, -0.2) is 59.6 Å². The number of sulfonamides is 1. The number of nitro benzene ring substituents is 1. The van der Waals surface area contributed by atoms with E-state index in [0.717, 1.165) is 22.2 Å². The fourth-order valence-electron chi connectivity index (χ4n) is 3.61. The van der Waals surface area contributed by atoms with E-state index in [0.29, 0.717) is 11.3 Å². The molecule has 2 aromatic carbocycles. The summed E-state index contributed by atoms with van der Waals surface area (Å²) >= 11 is 1.39. The van der Waals surface area contributed by atoms with Gasteiger partial charge in [0.2, 0.25) is 10.0 Å². The molecule has 0 N–H and O–H groups in total. The van der Waals surface area contributed by atoms with Gasteiger partial charge in [-0.05, 0) is 19.4 Å². The molecule has 0 aliphatic carbocycles. The topological polar surface area (TPSA) is 114 Å². The molecule has 2 heterocycles. The summed E-state index contributed by atoms with van der Waals surface area (Å²) in [5.74, 6) is -0.242. The number of non-ortho nitro benzene ring substituents is 1. The lowest BCUT2D eigenvalue weighted by Crippen LogP contribution is -2.50. The molecule has 1 aromatic heterocycles. The molecule has 0 spiro atoms. The van der Waals surface area contributed by atoms with Gasteiger partial charge in [-0.25, -0.2) is 13.4 Å². The molecule has 1 saturated heterocycles. The summed E-state index contributed by atoms with van der Waals surface area (Å²) < 4.78 is 27.5. The minimum atomic E-state index is -3.92. The van der Waals surface area contributed by atoms with Gasteiger partial charge in [0.25, 0.3) is 11.6 Å². The average Bonchev–Trinajstić information content (AvgIpc) is 3.29. The van der Waals surface area contributed by atoms with Crippen LogP contribution >= 0.6 is 11.3 Å². The highest BCUT2D eigenvalue weighted by Crippen LogP contribution is 2.27. The molecule has 0 radical (unpaired) electrons. The lowest BCUT2D eigenvalue weighted by molar-refractivity contribution is -0.385. The van der Waals surface area contributed by atoms with Gasteiger partial charge in [-0.1, -0.05) is 35.9 Å². The lowest BCUT2D eigenvalue weighted by atomic mass is 10.2. The summed E-state index contributed by atoms with van der Waals surface area (Å²) in [5.41, 5.74) is 2.57. The number of hydrogen-bond acceptors (Lipinski definition) is 7. The summed E-state index contributed by atoms with van der Waals surface area (Å²) in [7, 11) is -3.92. The number of thiazole rings is 1. The van der Waals surface area contributed by atoms with Gasteiger partial charge in [0.15, 0.2) is 0 Å². The Morgan fingerprint density at radius 3 is 2.36 bits per heavy atom. The highest BCUT2D eigenvalue weighted by molar-refractivity contribution is 7.89. The van der Waals surface area contributed by atoms with Gasteiger partial charge in [-0.15, -0.1) is 11.3 Å². The fourth-order valence-corrected chi connectivity index (χ4v) is 6.08. The second-order valence-electron chi connectivity index (χ2n) is 7.81. The summed E-state index contributed by atoms with van der Waals surface area (Å²) in [4.78, 5) is 29.4. The Bertz CT molecular complexity index is 1310. The van der Waals surface area contributed by atoms with Crippen molar-refractivity contribution in [2.75, 3.05) is 26.2 Å². The van der Waals surface area contributed by atoms with Crippen molar-refractivity contribution in [3.05, 3.63) is 74.8 Å². The predicted octanol–water partition coefficient (Wildman–Crippen LogP) is 3.48. The van der Waals surface area contributed by atoms with Crippen LogP contribution in [-0.2, 0) is 10.0 Å². The number of hydrogen-bond donors (Lipinski definition) is 0. The van der Waals surface area contributed by atoms with Crippen molar-refractivity contribution in [2.45, 2.75) is 18.7 Å². The smallest absolute Gasteiger partial charge is 0.273 e. The Balaban J connectivity index is 1.46. The number of benzene rings is 2. The van der Waals surface area contributed by atoms with Crippen LogP contribution in [0.5, 0.6) is 0 Å². The van der Waals surface area contributed by atoms with Gasteiger partial charge in [0.05, 0.1) is 9.82 Å². The molecule has 33 heavy (non-hydrogen) atoms. The zero-order valence-electron chi connectivity index (χ0n) is 18.1. The van der Waals surface area contributed by atoms with E-state index < -0.39 is 14.9 Å². The summed E-state index contributed by atoms with van der Waals surface area (Å²) in [6.07, 6.45) is 0. The van der Waals surface area contributed by atoms with E-state index in [-0.39, 0.29) is 42.7 Å². The van der Waals surface area contributed by atoms with Crippen molar-refractivity contribution in [1.29, 1.82) is 0 Å². The maximum absolute atomic E-state index is 13.1. The third-order valence-electron chi connectivity index (χ3n) is 5.55. The highest BCUT2D eigenvalue weighted by Gasteiger charge is 2.32. The fraction of sp³-hybridized carbons (Fsp3) is 0.273.